The van der Waals surface area contributed by atoms with Crippen molar-refractivity contribution < 1.29 is 4.92 Å². The summed E-state index contributed by atoms with van der Waals surface area (Å²) in [7, 11) is 2.06. The number of benzene rings is 4. The Kier molecular flexibility index (Phi) is 3.91. The third-order valence-electron chi connectivity index (χ3n) is 5.50. The van der Waals surface area contributed by atoms with Crippen LogP contribution in [0.1, 0.15) is 16.7 Å². The lowest BCUT2D eigenvalue weighted by Crippen LogP contribution is -2.21. The lowest BCUT2D eigenvalue weighted by molar-refractivity contribution is -0.384. The maximum absolute atomic E-state index is 11.1. The molecule has 0 bridgehead atoms. The lowest BCUT2D eigenvalue weighted by Gasteiger charge is -2.33. The average Bonchev–Trinajstić information content (AvgIpc) is 2.76. The van der Waals surface area contributed by atoms with Gasteiger partial charge >= 0.3 is 0 Å². The van der Waals surface area contributed by atoms with Crippen LogP contribution in [0.4, 0.5) is 11.4 Å². The number of nitro groups is 1. The van der Waals surface area contributed by atoms with Gasteiger partial charge in [0, 0.05) is 35.8 Å². The lowest BCUT2D eigenvalue weighted by atomic mass is 9.85. The highest BCUT2D eigenvalue weighted by molar-refractivity contribution is 6.17. The quantitative estimate of drug-likeness (QED) is 0.319. The molecule has 0 amide bonds. The van der Waals surface area contributed by atoms with Crippen molar-refractivity contribution in [1.82, 2.24) is 0 Å². The smallest absolute Gasteiger partial charge is 0.269 e. The van der Waals surface area contributed by atoms with Crippen LogP contribution in [-0.2, 0) is 0 Å². The molecule has 0 aromatic heterocycles. The van der Waals surface area contributed by atoms with Gasteiger partial charge in [0.15, 0.2) is 0 Å². The van der Waals surface area contributed by atoms with E-state index < -0.39 is 0 Å². The van der Waals surface area contributed by atoms with Crippen LogP contribution < -0.4 is 4.90 Å². The second-order valence-corrected chi connectivity index (χ2v) is 7.13. The Morgan fingerprint density at radius 1 is 0.759 bits per heavy atom. The Morgan fingerprint density at radius 3 is 2.14 bits per heavy atom. The maximum atomic E-state index is 11.1. The number of hydrogen-bond acceptors (Lipinski definition) is 3. The molecule has 0 unspecified atom stereocenters. The summed E-state index contributed by atoms with van der Waals surface area (Å²) in [5.74, 6) is 0. The van der Waals surface area contributed by atoms with Crippen LogP contribution in [0.25, 0.3) is 22.0 Å². The minimum absolute atomic E-state index is 0.0941. The van der Waals surface area contributed by atoms with Gasteiger partial charge in [-0.25, -0.2) is 0 Å². The van der Waals surface area contributed by atoms with Gasteiger partial charge in [-0.05, 0) is 40.3 Å². The normalized spacial score (nSPS) is 13.1. The molecule has 4 aromatic carbocycles. The van der Waals surface area contributed by atoms with Crippen LogP contribution in [-0.4, -0.2) is 12.0 Å². The van der Waals surface area contributed by atoms with Crippen LogP contribution in [0.5, 0.6) is 0 Å². The first-order valence-electron chi connectivity index (χ1n) is 9.45. The largest absolute Gasteiger partial charge is 0.343 e. The first-order valence-corrected chi connectivity index (χ1v) is 9.45. The zero-order valence-corrected chi connectivity index (χ0v) is 15.9. The van der Waals surface area contributed by atoms with E-state index >= 15 is 0 Å². The Morgan fingerprint density at radius 2 is 1.45 bits per heavy atom. The SMILES string of the molecule is CN1C(c2ccc([N+](=O)[O-])cc2)=C(c2ccccc2)c2cccc3cccc1c23. The molecule has 0 spiro atoms. The van der Waals surface area contributed by atoms with Gasteiger partial charge in [-0.2, -0.15) is 0 Å². The molecule has 0 atom stereocenters. The Balaban J connectivity index is 1.86. The van der Waals surface area contributed by atoms with Gasteiger partial charge in [0.05, 0.1) is 10.6 Å². The topological polar surface area (TPSA) is 46.4 Å². The van der Waals surface area contributed by atoms with Gasteiger partial charge in [0.1, 0.15) is 0 Å². The molecule has 29 heavy (non-hydrogen) atoms. The standard InChI is InChI=1S/C25H18N2O2/c1-26-22-12-6-10-17-9-5-11-21(23(17)22)24(18-7-3-2-4-8-18)25(26)19-13-15-20(16-14-19)27(28)29/h2-16H,1H3. The fourth-order valence-electron chi connectivity index (χ4n) is 4.20. The Hall–Kier alpha value is -3.92. The molecular weight excluding hydrogens is 360 g/mol. The predicted octanol–water partition coefficient (Wildman–Crippen LogP) is 6.11. The molecule has 0 saturated carbocycles. The molecule has 1 aliphatic rings. The van der Waals surface area contributed by atoms with Gasteiger partial charge in [-0.1, -0.05) is 60.7 Å². The molecule has 1 aliphatic heterocycles. The highest BCUT2D eigenvalue weighted by Gasteiger charge is 2.26. The molecule has 140 valence electrons. The number of anilines is 1. The van der Waals surface area contributed by atoms with E-state index in [1.165, 1.54) is 16.3 Å². The number of rotatable bonds is 3. The first kappa shape index (κ1) is 17.2. The van der Waals surface area contributed by atoms with Gasteiger partial charge in [0.2, 0.25) is 0 Å². The fraction of sp³-hybridized carbons (Fsp3) is 0.0400. The summed E-state index contributed by atoms with van der Waals surface area (Å²) in [6, 6.07) is 29.8. The van der Waals surface area contributed by atoms with Crippen LogP contribution in [0.15, 0.2) is 91.0 Å². The van der Waals surface area contributed by atoms with Crippen molar-refractivity contribution >= 4 is 33.4 Å². The zero-order chi connectivity index (χ0) is 20.0. The van der Waals surface area contributed by atoms with Gasteiger partial charge < -0.3 is 4.90 Å². The summed E-state index contributed by atoms with van der Waals surface area (Å²) >= 11 is 0. The molecule has 0 radical (unpaired) electrons. The van der Waals surface area contributed by atoms with Crippen molar-refractivity contribution in [1.29, 1.82) is 0 Å². The van der Waals surface area contributed by atoms with Crippen molar-refractivity contribution in [3.8, 4) is 0 Å². The second kappa shape index (κ2) is 6.60. The van der Waals surface area contributed by atoms with E-state index in [1.807, 2.05) is 30.3 Å². The second-order valence-electron chi connectivity index (χ2n) is 7.13. The third kappa shape index (κ3) is 2.69. The van der Waals surface area contributed by atoms with Gasteiger partial charge in [-0.15, -0.1) is 0 Å². The van der Waals surface area contributed by atoms with E-state index in [0.717, 1.165) is 28.1 Å². The molecule has 4 nitrogen and oxygen atoms in total. The van der Waals surface area contributed by atoms with Crippen molar-refractivity contribution in [2.24, 2.45) is 0 Å². The minimum atomic E-state index is -0.364. The van der Waals surface area contributed by atoms with Crippen molar-refractivity contribution in [2.75, 3.05) is 11.9 Å². The molecular formula is C25H18N2O2. The van der Waals surface area contributed by atoms with E-state index in [0.29, 0.717) is 0 Å². The molecule has 0 aliphatic carbocycles. The van der Waals surface area contributed by atoms with E-state index in [-0.39, 0.29) is 10.6 Å². The molecule has 4 aromatic rings. The number of hydrogen-bond donors (Lipinski definition) is 0. The Labute approximate surface area is 168 Å². The number of nitrogens with zero attached hydrogens (tertiary/aromatic N) is 2. The van der Waals surface area contributed by atoms with E-state index in [2.05, 4.69) is 60.5 Å². The first-order chi connectivity index (χ1) is 14.1. The zero-order valence-electron chi connectivity index (χ0n) is 15.9. The highest BCUT2D eigenvalue weighted by atomic mass is 16.6. The van der Waals surface area contributed by atoms with Gasteiger partial charge in [0.25, 0.3) is 5.69 Å². The summed E-state index contributed by atoms with van der Waals surface area (Å²) in [6.07, 6.45) is 0. The van der Waals surface area contributed by atoms with Crippen LogP contribution >= 0.6 is 0 Å². The predicted molar refractivity (Wildman–Crippen MR) is 118 cm³/mol. The highest BCUT2D eigenvalue weighted by Crippen LogP contribution is 2.46. The van der Waals surface area contributed by atoms with E-state index in [9.17, 15) is 10.1 Å². The molecule has 5 rings (SSSR count). The molecule has 1 heterocycles. The van der Waals surface area contributed by atoms with Gasteiger partial charge in [-0.3, -0.25) is 10.1 Å². The molecule has 0 N–H and O–H groups in total. The summed E-state index contributed by atoms with van der Waals surface area (Å²) in [5, 5.41) is 13.5. The molecule has 4 heteroatoms. The van der Waals surface area contributed by atoms with Crippen molar-refractivity contribution in [3.63, 3.8) is 0 Å². The van der Waals surface area contributed by atoms with E-state index in [4.69, 9.17) is 0 Å². The Bertz CT molecular complexity index is 1270. The van der Waals surface area contributed by atoms with Crippen LogP contribution in [0.2, 0.25) is 0 Å². The average molecular weight is 378 g/mol. The summed E-state index contributed by atoms with van der Waals surface area (Å²) < 4.78 is 0. The van der Waals surface area contributed by atoms with Crippen LogP contribution in [0.3, 0.4) is 0 Å². The fourth-order valence-corrected chi connectivity index (χ4v) is 4.20. The summed E-state index contributed by atoms with van der Waals surface area (Å²) in [6.45, 7) is 0. The third-order valence-corrected chi connectivity index (χ3v) is 5.50. The molecule has 0 saturated heterocycles. The molecule has 0 fully saturated rings. The van der Waals surface area contributed by atoms with E-state index in [1.54, 1.807) is 12.1 Å². The summed E-state index contributed by atoms with van der Waals surface area (Å²) in [4.78, 5) is 12.9. The number of non-ortho nitro benzene ring substituents is 1. The monoisotopic (exact) mass is 378 g/mol. The summed E-state index contributed by atoms with van der Waals surface area (Å²) in [5.41, 5.74) is 6.64. The maximum Gasteiger partial charge on any atom is 0.269 e. The van der Waals surface area contributed by atoms with Crippen molar-refractivity contribution in [2.45, 2.75) is 0 Å². The van der Waals surface area contributed by atoms with Crippen molar-refractivity contribution in [3.05, 3.63) is 118 Å². The van der Waals surface area contributed by atoms with Crippen LogP contribution in [0, 0.1) is 10.1 Å². The minimum Gasteiger partial charge on any atom is -0.343 e. The number of nitro benzene ring substituents is 1.